The highest BCUT2D eigenvalue weighted by molar-refractivity contribution is 7.10. The van der Waals surface area contributed by atoms with E-state index in [1.165, 1.54) is 11.5 Å². The second-order valence-corrected chi connectivity index (χ2v) is 7.46. The predicted molar refractivity (Wildman–Crippen MR) is 85.7 cm³/mol. The standard InChI is InChI=1S/C14H24N4O2S/c1-9-5-10(17-13(19)20-14(2,3)4)8-18(7-9)12-11(15)6-16-21-12/h6,9-10H,5,7-8,15H2,1-4H3,(H,17,19). The van der Waals surface area contributed by atoms with E-state index in [1.807, 2.05) is 20.8 Å². The molecule has 2 atom stereocenters. The van der Waals surface area contributed by atoms with Crippen molar-refractivity contribution in [2.75, 3.05) is 23.7 Å². The van der Waals surface area contributed by atoms with E-state index in [0.29, 0.717) is 11.6 Å². The number of carbonyl (C=O) groups excluding carboxylic acids is 1. The molecular weight excluding hydrogens is 288 g/mol. The second kappa shape index (κ2) is 6.09. The molecule has 0 aliphatic carbocycles. The van der Waals surface area contributed by atoms with E-state index in [4.69, 9.17) is 10.5 Å². The van der Waals surface area contributed by atoms with Gasteiger partial charge in [-0.15, -0.1) is 0 Å². The Morgan fingerprint density at radius 1 is 1.52 bits per heavy atom. The van der Waals surface area contributed by atoms with E-state index in [1.54, 1.807) is 6.20 Å². The maximum absolute atomic E-state index is 11.9. The monoisotopic (exact) mass is 312 g/mol. The van der Waals surface area contributed by atoms with Crippen molar-refractivity contribution in [2.24, 2.45) is 5.92 Å². The third-order valence-corrected chi connectivity index (χ3v) is 4.12. The van der Waals surface area contributed by atoms with Crippen LogP contribution in [0.2, 0.25) is 0 Å². The summed E-state index contributed by atoms with van der Waals surface area (Å²) in [6.45, 7) is 9.42. The van der Waals surface area contributed by atoms with Gasteiger partial charge in [-0.2, -0.15) is 4.37 Å². The van der Waals surface area contributed by atoms with E-state index in [0.717, 1.165) is 24.5 Å². The lowest BCUT2D eigenvalue weighted by molar-refractivity contribution is 0.0495. The van der Waals surface area contributed by atoms with Crippen LogP contribution in [0.5, 0.6) is 0 Å². The van der Waals surface area contributed by atoms with Crippen molar-refractivity contribution in [3.63, 3.8) is 0 Å². The summed E-state index contributed by atoms with van der Waals surface area (Å²) in [5.41, 5.74) is 6.16. The first-order chi connectivity index (χ1) is 9.74. The summed E-state index contributed by atoms with van der Waals surface area (Å²) in [6.07, 6.45) is 2.25. The average Bonchev–Trinajstić information content (AvgIpc) is 2.71. The van der Waals surface area contributed by atoms with Gasteiger partial charge in [0.25, 0.3) is 0 Å². The van der Waals surface area contributed by atoms with E-state index in [-0.39, 0.29) is 12.1 Å². The summed E-state index contributed by atoms with van der Waals surface area (Å²) in [6, 6.07) is 0.0603. The molecule has 21 heavy (non-hydrogen) atoms. The zero-order valence-corrected chi connectivity index (χ0v) is 13.9. The minimum Gasteiger partial charge on any atom is -0.444 e. The fourth-order valence-corrected chi connectivity index (χ4v) is 3.27. The normalized spacial score (nSPS) is 23.0. The molecule has 1 aromatic heterocycles. The van der Waals surface area contributed by atoms with Gasteiger partial charge in [-0.3, -0.25) is 0 Å². The number of rotatable bonds is 2. The molecule has 118 valence electrons. The number of nitrogen functional groups attached to an aromatic ring is 1. The molecule has 1 aliphatic rings. The lowest BCUT2D eigenvalue weighted by Crippen LogP contribution is -2.51. The number of nitrogens with zero attached hydrogens (tertiary/aromatic N) is 2. The number of piperidine rings is 1. The Bertz CT molecular complexity index is 497. The molecule has 2 rings (SSSR count). The molecule has 2 unspecified atom stereocenters. The summed E-state index contributed by atoms with van der Waals surface area (Å²) < 4.78 is 9.44. The van der Waals surface area contributed by atoms with Crippen LogP contribution >= 0.6 is 11.5 Å². The molecular formula is C14H24N4O2S. The van der Waals surface area contributed by atoms with Gasteiger partial charge in [0.15, 0.2) is 0 Å². The van der Waals surface area contributed by atoms with Crippen LogP contribution in [0.25, 0.3) is 0 Å². The Kier molecular flexibility index (Phi) is 4.61. The molecule has 1 fully saturated rings. The third-order valence-electron chi connectivity index (χ3n) is 3.25. The van der Waals surface area contributed by atoms with Crippen molar-refractivity contribution in [3.8, 4) is 0 Å². The Morgan fingerprint density at radius 3 is 2.81 bits per heavy atom. The lowest BCUT2D eigenvalue weighted by Gasteiger charge is -2.37. The van der Waals surface area contributed by atoms with E-state index in [9.17, 15) is 4.79 Å². The van der Waals surface area contributed by atoms with Crippen LogP contribution in [0.4, 0.5) is 15.5 Å². The summed E-state index contributed by atoms with van der Waals surface area (Å²) in [5.74, 6) is 0.472. The van der Waals surface area contributed by atoms with Gasteiger partial charge in [0.05, 0.1) is 17.9 Å². The topological polar surface area (TPSA) is 80.5 Å². The van der Waals surface area contributed by atoms with Gasteiger partial charge in [-0.1, -0.05) is 6.92 Å². The number of hydrogen-bond donors (Lipinski definition) is 2. The molecule has 1 saturated heterocycles. The number of hydrogen-bond acceptors (Lipinski definition) is 6. The van der Waals surface area contributed by atoms with E-state index in [2.05, 4.69) is 21.5 Å². The first-order valence-electron chi connectivity index (χ1n) is 7.19. The third kappa shape index (κ3) is 4.49. The summed E-state index contributed by atoms with van der Waals surface area (Å²) in [4.78, 5) is 14.1. The van der Waals surface area contributed by atoms with Crippen LogP contribution in [0.15, 0.2) is 6.20 Å². The molecule has 3 N–H and O–H groups in total. The van der Waals surface area contributed by atoms with Crippen LogP contribution in [0, 0.1) is 5.92 Å². The van der Waals surface area contributed by atoms with Gasteiger partial charge >= 0.3 is 6.09 Å². The molecule has 0 bridgehead atoms. The number of nitrogens with two attached hydrogens (primary N) is 1. The summed E-state index contributed by atoms with van der Waals surface area (Å²) in [5, 5.41) is 3.94. The Labute approximate surface area is 129 Å². The highest BCUT2D eigenvalue weighted by Crippen LogP contribution is 2.31. The smallest absolute Gasteiger partial charge is 0.407 e. The van der Waals surface area contributed by atoms with Crippen molar-refractivity contribution in [1.29, 1.82) is 0 Å². The molecule has 0 aromatic carbocycles. The Hall–Kier alpha value is -1.50. The SMILES string of the molecule is CC1CC(NC(=O)OC(C)(C)C)CN(c2sncc2N)C1. The molecule has 2 heterocycles. The zero-order chi connectivity index (χ0) is 15.6. The number of amides is 1. The fraction of sp³-hybridized carbons (Fsp3) is 0.714. The zero-order valence-electron chi connectivity index (χ0n) is 13.0. The van der Waals surface area contributed by atoms with Crippen molar-refractivity contribution >= 4 is 28.3 Å². The van der Waals surface area contributed by atoms with Crippen LogP contribution in [0.3, 0.4) is 0 Å². The molecule has 1 aliphatic heterocycles. The average molecular weight is 312 g/mol. The summed E-state index contributed by atoms with van der Waals surface area (Å²) in [7, 11) is 0. The minimum absolute atomic E-state index is 0.0603. The Balaban J connectivity index is 1.98. The van der Waals surface area contributed by atoms with Gasteiger partial charge in [-0.25, -0.2) is 4.79 Å². The van der Waals surface area contributed by atoms with Crippen molar-refractivity contribution in [2.45, 2.75) is 45.8 Å². The van der Waals surface area contributed by atoms with Crippen LogP contribution in [-0.4, -0.2) is 35.2 Å². The van der Waals surface area contributed by atoms with E-state index >= 15 is 0 Å². The highest BCUT2D eigenvalue weighted by Gasteiger charge is 2.29. The number of carbonyl (C=O) groups is 1. The van der Waals surface area contributed by atoms with Gasteiger partial charge in [0, 0.05) is 13.1 Å². The van der Waals surface area contributed by atoms with E-state index < -0.39 is 5.60 Å². The first kappa shape index (κ1) is 15.9. The maximum Gasteiger partial charge on any atom is 0.407 e. The molecule has 0 saturated carbocycles. The first-order valence-corrected chi connectivity index (χ1v) is 7.96. The van der Waals surface area contributed by atoms with Crippen LogP contribution in [0.1, 0.15) is 34.1 Å². The van der Waals surface area contributed by atoms with Crippen LogP contribution in [-0.2, 0) is 4.74 Å². The largest absolute Gasteiger partial charge is 0.444 e. The minimum atomic E-state index is -0.480. The summed E-state index contributed by atoms with van der Waals surface area (Å²) >= 11 is 1.40. The molecule has 0 radical (unpaired) electrons. The van der Waals surface area contributed by atoms with Crippen LogP contribution < -0.4 is 16.0 Å². The number of ether oxygens (including phenoxy) is 1. The predicted octanol–water partition coefficient (Wildman–Crippen LogP) is 2.46. The second-order valence-electron chi connectivity index (χ2n) is 6.68. The number of alkyl carbamates (subject to hydrolysis) is 1. The number of aromatic nitrogens is 1. The quantitative estimate of drug-likeness (QED) is 0.877. The molecule has 1 amide bonds. The number of anilines is 2. The van der Waals surface area contributed by atoms with Crippen molar-refractivity contribution in [1.82, 2.24) is 9.69 Å². The maximum atomic E-state index is 11.9. The number of nitrogens with one attached hydrogen (secondary N) is 1. The van der Waals surface area contributed by atoms with Crippen molar-refractivity contribution < 1.29 is 9.53 Å². The highest BCUT2D eigenvalue weighted by atomic mass is 32.1. The van der Waals surface area contributed by atoms with Gasteiger partial charge < -0.3 is 20.7 Å². The Morgan fingerprint density at radius 2 is 2.24 bits per heavy atom. The molecule has 0 spiro atoms. The van der Waals surface area contributed by atoms with Gasteiger partial charge in [0.1, 0.15) is 10.6 Å². The molecule has 6 nitrogen and oxygen atoms in total. The lowest BCUT2D eigenvalue weighted by atomic mass is 9.96. The van der Waals surface area contributed by atoms with Gasteiger partial charge in [0.2, 0.25) is 0 Å². The van der Waals surface area contributed by atoms with Gasteiger partial charge in [-0.05, 0) is 44.6 Å². The van der Waals surface area contributed by atoms with Crippen molar-refractivity contribution in [3.05, 3.63) is 6.20 Å². The fourth-order valence-electron chi connectivity index (χ4n) is 2.58. The molecule has 7 heteroatoms. The molecule has 1 aromatic rings.